The Morgan fingerprint density at radius 2 is 2.00 bits per heavy atom. The predicted octanol–water partition coefficient (Wildman–Crippen LogP) is 0.757. The molecule has 0 atom stereocenters. The normalized spacial score (nSPS) is 15.5. The molecule has 15 heavy (non-hydrogen) atoms. The van der Waals surface area contributed by atoms with E-state index in [0.29, 0.717) is 6.29 Å². The van der Waals surface area contributed by atoms with Crippen molar-refractivity contribution in [3.63, 3.8) is 0 Å². The Labute approximate surface area is 86.4 Å². The number of aldehydes is 1. The lowest BCUT2D eigenvalue weighted by Gasteiger charge is -2.12. The number of furan rings is 1. The number of allylic oxidation sites excluding steroid dienone is 1. The highest BCUT2D eigenvalue weighted by Gasteiger charge is 2.33. The van der Waals surface area contributed by atoms with E-state index in [1.54, 1.807) is 0 Å². The molecule has 0 N–H and O–H groups in total. The summed E-state index contributed by atoms with van der Waals surface area (Å²) in [5, 5.41) is 0. The van der Waals surface area contributed by atoms with Crippen LogP contribution in [0.15, 0.2) is 16.3 Å². The van der Waals surface area contributed by atoms with Gasteiger partial charge in [-0.25, -0.2) is 0 Å². The van der Waals surface area contributed by atoms with E-state index in [4.69, 9.17) is 12.3 Å². The maximum absolute atomic E-state index is 11.6. The Hall–Kier alpha value is -1.91. The van der Waals surface area contributed by atoms with E-state index in [0.717, 1.165) is 6.26 Å². The van der Waals surface area contributed by atoms with Crippen LogP contribution in [0, 0.1) is 0 Å². The lowest BCUT2D eigenvalue weighted by atomic mass is 9.78. The predicted molar refractivity (Wildman–Crippen MR) is 51.8 cm³/mol. The van der Waals surface area contributed by atoms with Gasteiger partial charge in [-0.2, -0.15) is 0 Å². The largest absolute Gasteiger partial charge is 0.464 e. The third-order valence-electron chi connectivity index (χ3n) is 2.37. The summed E-state index contributed by atoms with van der Waals surface area (Å²) in [6.07, 6.45) is 1.58. The lowest BCUT2D eigenvalue weighted by Crippen LogP contribution is -2.22. The Balaban J connectivity index is 2.80. The fourth-order valence-electron chi connectivity index (χ4n) is 1.47. The fraction of sp³-hybridized carbons (Fsp3) is 0.100. The van der Waals surface area contributed by atoms with Gasteiger partial charge in [0.2, 0.25) is 11.6 Å². The highest BCUT2D eigenvalue weighted by Crippen LogP contribution is 2.30. The van der Waals surface area contributed by atoms with Crippen LogP contribution >= 0.6 is 0 Å². The molecule has 0 spiro atoms. The van der Waals surface area contributed by atoms with Crippen molar-refractivity contribution in [2.45, 2.75) is 6.92 Å². The van der Waals surface area contributed by atoms with Crippen molar-refractivity contribution in [2.24, 2.45) is 0 Å². The first-order valence-electron chi connectivity index (χ1n) is 4.20. The van der Waals surface area contributed by atoms with Crippen LogP contribution in [-0.2, 0) is 4.79 Å². The number of rotatable bonds is 1. The first kappa shape index (κ1) is 9.64. The molecule has 0 saturated carbocycles. The summed E-state index contributed by atoms with van der Waals surface area (Å²) in [4.78, 5) is 33.6. The van der Waals surface area contributed by atoms with Crippen molar-refractivity contribution in [3.8, 4) is 0 Å². The summed E-state index contributed by atoms with van der Waals surface area (Å²) >= 11 is 0. The molecular formula is C10H5BO4. The van der Waals surface area contributed by atoms with Crippen LogP contribution in [-0.4, -0.2) is 25.7 Å². The van der Waals surface area contributed by atoms with Gasteiger partial charge in [-0.15, -0.1) is 0 Å². The van der Waals surface area contributed by atoms with Crippen molar-refractivity contribution in [3.05, 3.63) is 28.7 Å². The van der Waals surface area contributed by atoms with Gasteiger partial charge in [-0.05, 0) is 18.0 Å². The van der Waals surface area contributed by atoms with Gasteiger partial charge >= 0.3 is 0 Å². The van der Waals surface area contributed by atoms with Crippen LogP contribution in [0.4, 0.5) is 0 Å². The average Bonchev–Trinajstić information content (AvgIpc) is 2.67. The quantitative estimate of drug-likeness (QED) is 0.381. The molecule has 2 rings (SSSR count). The van der Waals surface area contributed by atoms with Crippen LogP contribution in [0.5, 0.6) is 0 Å². The van der Waals surface area contributed by atoms with Gasteiger partial charge < -0.3 is 4.42 Å². The van der Waals surface area contributed by atoms with Crippen molar-refractivity contribution in [1.29, 1.82) is 0 Å². The fourth-order valence-corrected chi connectivity index (χ4v) is 1.47. The highest BCUT2D eigenvalue weighted by molar-refractivity contribution is 6.59. The third kappa shape index (κ3) is 1.13. The van der Waals surface area contributed by atoms with Crippen molar-refractivity contribution in [1.82, 2.24) is 0 Å². The molecule has 1 aliphatic carbocycles. The van der Waals surface area contributed by atoms with Crippen molar-refractivity contribution < 1.29 is 18.8 Å². The molecule has 72 valence electrons. The van der Waals surface area contributed by atoms with Crippen LogP contribution in [0.3, 0.4) is 0 Å². The van der Waals surface area contributed by atoms with Gasteiger partial charge in [-0.1, -0.05) is 0 Å². The van der Waals surface area contributed by atoms with E-state index in [1.807, 2.05) is 0 Å². The van der Waals surface area contributed by atoms with Gasteiger partial charge in [-0.3, -0.25) is 14.4 Å². The van der Waals surface area contributed by atoms with Crippen molar-refractivity contribution in [2.75, 3.05) is 0 Å². The van der Waals surface area contributed by atoms with Crippen LogP contribution < -0.4 is 0 Å². The van der Waals surface area contributed by atoms with Crippen molar-refractivity contribution >= 4 is 31.2 Å². The minimum absolute atomic E-state index is 0.0295. The Morgan fingerprint density at radius 1 is 1.33 bits per heavy atom. The number of hydrogen-bond acceptors (Lipinski definition) is 4. The number of carbonyl (C=O) groups excluding carboxylic acids is 3. The summed E-state index contributed by atoms with van der Waals surface area (Å²) in [6, 6.07) is 0. The van der Waals surface area contributed by atoms with Gasteiger partial charge in [0, 0.05) is 0 Å². The second kappa shape index (κ2) is 3.05. The molecule has 1 aromatic heterocycles. The molecule has 5 heteroatoms. The van der Waals surface area contributed by atoms with E-state index in [1.165, 1.54) is 6.92 Å². The molecule has 0 unspecified atom stereocenters. The van der Waals surface area contributed by atoms with Gasteiger partial charge in [0.05, 0.1) is 11.1 Å². The topological polar surface area (TPSA) is 64.3 Å². The summed E-state index contributed by atoms with van der Waals surface area (Å²) in [5.41, 5.74) is 0.291. The maximum Gasteiger partial charge on any atom is 0.237 e. The molecule has 0 aromatic carbocycles. The Morgan fingerprint density at radius 3 is 2.60 bits per heavy atom. The third-order valence-corrected chi connectivity index (χ3v) is 2.37. The second-order valence-corrected chi connectivity index (χ2v) is 3.21. The standard InChI is InChI=1S/C10H5BO4/c1-4-7(11)10-6(9(14)8(4)13)5(2-12)3-15-10/h2-3H,1H3. The molecule has 1 aliphatic rings. The molecule has 4 nitrogen and oxygen atoms in total. The first-order chi connectivity index (χ1) is 7.07. The SMILES string of the molecule is [B]C1=C(C)C(=O)C(=O)c2c(C=O)coc21. The number of fused-ring (bicyclic) bond motifs is 1. The van der Waals surface area contributed by atoms with Crippen LogP contribution in [0.2, 0.25) is 0 Å². The number of hydrogen-bond donors (Lipinski definition) is 0. The van der Waals surface area contributed by atoms with E-state index >= 15 is 0 Å². The minimum atomic E-state index is -0.743. The molecule has 0 amide bonds. The molecule has 1 aromatic rings. The zero-order valence-electron chi connectivity index (χ0n) is 7.87. The minimum Gasteiger partial charge on any atom is -0.464 e. The molecule has 0 saturated heterocycles. The zero-order valence-corrected chi connectivity index (χ0v) is 7.87. The summed E-state index contributed by atoms with van der Waals surface area (Å²) < 4.78 is 4.99. The smallest absolute Gasteiger partial charge is 0.237 e. The summed E-state index contributed by atoms with van der Waals surface area (Å²) in [6.45, 7) is 1.45. The highest BCUT2D eigenvalue weighted by atomic mass is 16.3. The van der Waals surface area contributed by atoms with Gasteiger partial charge in [0.15, 0.2) is 6.29 Å². The van der Waals surface area contributed by atoms with E-state index in [-0.39, 0.29) is 27.9 Å². The van der Waals surface area contributed by atoms with E-state index < -0.39 is 11.6 Å². The first-order valence-corrected chi connectivity index (χ1v) is 4.20. The molecular weight excluding hydrogens is 195 g/mol. The molecule has 2 radical (unpaired) electrons. The average molecular weight is 200 g/mol. The Bertz CT molecular complexity index is 522. The number of carbonyl (C=O) groups is 3. The number of ketones is 2. The maximum atomic E-state index is 11.6. The Kier molecular flexibility index (Phi) is 1.96. The zero-order chi connectivity index (χ0) is 11.2. The second-order valence-electron chi connectivity index (χ2n) is 3.21. The van der Waals surface area contributed by atoms with Crippen LogP contribution in [0.1, 0.15) is 33.4 Å². The molecule has 0 bridgehead atoms. The van der Waals surface area contributed by atoms with Gasteiger partial charge in [0.25, 0.3) is 0 Å². The molecule has 1 heterocycles. The van der Waals surface area contributed by atoms with E-state index in [9.17, 15) is 14.4 Å². The molecule has 0 aliphatic heterocycles. The summed E-state index contributed by atoms with van der Waals surface area (Å²) in [7, 11) is 5.61. The number of Topliss-reactive ketones (excluding diaryl/α,β-unsaturated/α-hetero) is 2. The molecule has 0 fully saturated rings. The van der Waals surface area contributed by atoms with E-state index in [2.05, 4.69) is 0 Å². The lowest BCUT2D eigenvalue weighted by molar-refractivity contribution is -0.111. The monoisotopic (exact) mass is 200 g/mol. The van der Waals surface area contributed by atoms with Crippen LogP contribution in [0.25, 0.3) is 5.47 Å². The summed E-state index contributed by atoms with van der Waals surface area (Å²) in [5.74, 6) is -1.32. The van der Waals surface area contributed by atoms with Gasteiger partial charge in [0.1, 0.15) is 19.9 Å².